The molecule has 7 nitrogen and oxygen atoms in total. The highest BCUT2D eigenvalue weighted by Crippen LogP contribution is 2.22. The Morgan fingerprint density at radius 3 is 2.83 bits per heavy atom. The summed E-state index contributed by atoms with van der Waals surface area (Å²) >= 11 is 0. The van der Waals surface area contributed by atoms with Gasteiger partial charge in [0.1, 0.15) is 6.61 Å². The first kappa shape index (κ1) is 14.7. The molecule has 1 aromatic heterocycles. The number of carbonyl (C=O) groups is 2. The first-order valence-electron chi connectivity index (χ1n) is 7.87. The third-order valence-corrected chi connectivity index (χ3v) is 4.79. The summed E-state index contributed by atoms with van der Waals surface area (Å²) in [6.45, 7) is 1.63. The van der Waals surface area contributed by atoms with E-state index in [1.165, 1.54) is 10.6 Å². The van der Waals surface area contributed by atoms with E-state index in [1.54, 1.807) is 16.8 Å². The number of ether oxygens (including phenoxy) is 1. The number of rotatable bonds is 1. The van der Waals surface area contributed by atoms with Crippen molar-refractivity contribution in [2.75, 3.05) is 26.2 Å². The number of hydrogen-bond donors (Lipinski definition) is 0. The van der Waals surface area contributed by atoms with Gasteiger partial charge in [-0.25, -0.2) is 4.79 Å². The number of aryl methyl sites for hydroxylation is 1. The highest BCUT2D eigenvalue weighted by Gasteiger charge is 2.39. The Balaban J connectivity index is 1.71. The molecule has 4 rings (SSSR count). The van der Waals surface area contributed by atoms with Gasteiger partial charge in [-0.2, -0.15) is 0 Å². The second kappa shape index (κ2) is 5.36. The molecular weight excluding hydrogens is 310 g/mol. The van der Waals surface area contributed by atoms with Crippen molar-refractivity contribution in [2.24, 2.45) is 7.05 Å². The fourth-order valence-electron chi connectivity index (χ4n) is 3.43. The number of nitrogens with zero attached hydrogens (tertiary/aromatic N) is 3. The lowest BCUT2D eigenvalue weighted by atomic mass is 10.1. The van der Waals surface area contributed by atoms with Gasteiger partial charge in [0.2, 0.25) is 0 Å². The Hall–Kier alpha value is -2.83. The molecule has 0 aliphatic carbocycles. The highest BCUT2D eigenvalue weighted by atomic mass is 16.6. The van der Waals surface area contributed by atoms with Crippen molar-refractivity contribution in [3.63, 3.8) is 0 Å². The summed E-state index contributed by atoms with van der Waals surface area (Å²) in [6, 6.07) is 8.66. The smallest absolute Gasteiger partial charge is 0.410 e. The second-order valence-electron chi connectivity index (χ2n) is 6.15. The zero-order chi connectivity index (χ0) is 16.8. The first-order chi connectivity index (χ1) is 11.6. The molecule has 2 aromatic rings. The summed E-state index contributed by atoms with van der Waals surface area (Å²) < 4.78 is 6.57. The molecule has 2 fully saturated rings. The molecule has 2 aliphatic heterocycles. The average Bonchev–Trinajstić information content (AvgIpc) is 2.98. The summed E-state index contributed by atoms with van der Waals surface area (Å²) in [5, 5.41) is 0.755. The maximum atomic E-state index is 13.0. The molecule has 0 radical (unpaired) electrons. The molecular formula is C17H17N3O4. The van der Waals surface area contributed by atoms with Crippen molar-refractivity contribution >= 4 is 22.9 Å². The second-order valence-corrected chi connectivity index (χ2v) is 6.15. The van der Waals surface area contributed by atoms with E-state index in [-0.39, 0.29) is 23.6 Å². The lowest BCUT2D eigenvalue weighted by Gasteiger charge is -2.35. The number of fused-ring (bicyclic) bond motifs is 2. The van der Waals surface area contributed by atoms with E-state index in [9.17, 15) is 14.4 Å². The van der Waals surface area contributed by atoms with Gasteiger partial charge in [0.25, 0.3) is 11.5 Å². The Morgan fingerprint density at radius 2 is 2.00 bits per heavy atom. The third kappa shape index (κ3) is 2.16. The highest BCUT2D eigenvalue weighted by molar-refractivity contribution is 6.06. The van der Waals surface area contributed by atoms with Gasteiger partial charge in [0.05, 0.1) is 17.1 Å². The maximum Gasteiger partial charge on any atom is 0.410 e. The van der Waals surface area contributed by atoms with Crippen LogP contribution in [0.15, 0.2) is 35.1 Å². The minimum absolute atomic E-state index is 0.104. The van der Waals surface area contributed by atoms with Gasteiger partial charge in [-0.15, -0.1) is 0 Å². The summed E-state index contributed by atoms with van der Waals surface area (Å²) in [5.74, 6) is -0.178. The van der Waals surface area contributed by atoms with Gasteiger partial charge < -0.3 is 14.2 Å². The molecule has 1 aromatic carbocycles. The minimum Gasteiger partial charge on any atom is -0.447 e. The molecule has 2 amide bonds. The van der Waals surface area contributed by atoms with E-state index in [0.29, 0.717) is 31.8 Å². The van der Waals surface area contributed by atoms with Gasteiger partial charge in [0.15, 0.2) is 0 Å². The zero-order valence-corrected chi connectivity index (χ0v) is 13.3. The number of amides is 2. The molecule has 2 saturated heterocycles. The van der Waals surface area contributed by atoms with Crippen LogP contribution in [0.1, 0.15) is 10.4 Å². The molecule has 124 valence electrons. The normalized spacial score (nSPS) is 20.2. The van der Waals surface area contributed by atoms with Gasteiger partial charge >= 0.3 is 6.09 Å². The molecule has 24 heavy (non-hydrogen) atoms. The van der Waals surface area contributed by atoms with Crippen LogP contribution < -0.4 is 5.56 Å². The Labute approximate surface area is 138 Å². The predicted molar refractivity (Wildman–Crippen MR) is 86.9 cm³/mol. The topological polar surface area (TPSA) is 71.9 Å². The number of cyclic esters (lactones) is 1. The average molecular weight is 327 g/mol. The molecule has 3 heterocycles. The van der Waals surface area contributed by atoms with E-state index in [1.807, 2.05) is 24.3 Å². The lowest BCUT2D eigenvalue weighted by molar-refractivity contribution is 0.0618. The fourth-order valence-corrected chi connectivity index (χ4v) is 3.43. The van der Waals surface area contributed by atoms with Gasteiger partial charge in [0, 0.05) is 38.1 Å². The predicted octanol–water partition coefficient (Wildman–Crippen LogP) is 0.815. The van der Waals surface area contributed by atoms with E-state index in [0.717, 1.165) is 10.9 Å². The Bertz CT molecular complexity index is 904. The Kier molecular flexibility index (Phi) is 3.30. The number of para-hydroxylation sites is 1. The molecule has 7 heteroatoms. The van der Waals surface area contributed by atoms with Crippen molar-refractivity contribution < 1.29 is 14.3 Å². The van der Waals surface area contributed by atoms with Crippen molar-refractivity contribution in [3.8, 4) is 0 Å². The van der Waals surface area contributed by atoms with Crippen LogP contribution in [0.5, 0.6) is 0 Å². The van der Waals surface area contributed by atoms with Gasteiger partial charge in [-0.1, -0.05) is 18.2 Å². The van der Waals surface area contributed by atoms with E-state index < -0.39 is 0 Å². The number of carbonyl (C=O) groups excluding carboxylic acids is 2. The summed E-state index contributed by atoms with van der Waals surface area (Å²) in [6.07, 6.45) is -0.314. The van der Waals surface area contributed by atoms with Crippen LogP contribution in [0.2, 0.25) is 0 Å². The van der Waals surface area contributed by atoms with Crippen LogP contribution in [-0.4, -0.2) is 58.7 Å². The number of piperazine rings is 1. The van der Waals surface area contributed by atoms with Crippen LogP contribution in [0, 0.1) is 0 Å². The standard InChI is InChI=1S/C17H17N3O4/c1-18-14-5-3-2-4-12(14)13(8-15(18)21)16(22)19-6-7-20-11(9-19)10-24-17(20)23/h2-5,8,11H,6-7,9-10H2,1H3/t11-/m0/s1. The van der Waals surface area contributed by atoms with Crippen LogP contribution >= 0.6 is 0 Å². The molecule has 0 spiro atoms. The number of hydrogen-bond acceptors (Lipinski definition) is 4. The molecule has 0 bridgehead atoms. The number of aromatic nitrogens is 1. The molecule has 0 N–H and O–H groups in total. The summed E-state index contributed by atoms with van der Waals surface area (Å²) in [4.78, 5) is 40.1. The van der Waals surface area contributed by atoms with Crippen molar-refractivity contribution in [1.29, 1.82) is 0 Å². The SMILES string of the molecule is Cn1c(=O)cc(C(=O)N2CCN3C(=O)OC[C@@H]3C2)c2ccccc21. The van der Waals surface area contributed by atoms with Crippen molar-refractivity contribution in [3.05, 3.63) is 46.2 Å². The van der Waals surface area contributed by atoms with E-state index in [2.05, 4.69) is 0 Å². The number of pyridine rings is 1. The van der Waals surface area contributed by atoms with Crippen molar-refractivity contribution in [1.82, 2.24) is 14.4 Å². The van der Waals surface area contributed by atoms with Gasteiger partial charge in [-0.05, 0) is 6.07 Å². The van der Waals surface area contributed by atoms with Crippen LogP contribution in [-0.2, 0) is 11.8 Å². The quantitative estimate of drug-likeness (QED) is 0.777. The molecule has 0 saturated carbocycles. The molecule has 0 unspecified atom stereocenters. The molecule has 1 atom stereocenters. The minimum atomic E-state index is -0.314. The van der Waals surface area contributed by atoms with E-state index >= 15 is 0 Å². The fraction of sp³-hybridized carbons (Fsp3) is 0.353. The van der Waals surface area contributed by atoms with Crippen LogP contribution in [0.4, 0.5) is 4.79 Å². The maximum absolute atomic E-state index is 13.0. The molecule has 2 aliphatic rings. The van der Waals surface area contributed by atoms with Crippen molar-refractivity contribution in [2.45, 2.75) is 6.04 Å². The summed E-state index contributed by atoms with van der Waals surface area (Å²) in [5.41, 5.74) is 0.925. The largest absolute Gasteiger partial charge is 0.447 e. The van der Waals surface area contributed by atoms with Crippen LogP contribution in [0.25, 0.3) is 10.9 Å². The lowest BCUT2D eigenvalue weighted by Crippen LogP contribution is -2.53. The van der Waals surface area contributed by atoms with Crippen LogP contribution in [0.3, 0.4) is 0 Å². The third-order valence-electron chi connectivity index (χ3n) is 4.79. The summed E-state index contributed by atoms with van der Waals surface area (Å²) in [7, 11) is 1.69. The first-order valence-corrected chi connectivity index (χ1v) is 7.87. The van der Waals surface area contributed by atoms with E-state index in [4.69, 9.17) is 4.74 Å². The Morgan fingerprint density at radius 1 is 1.21 bits per heavy atom. The monoisotopic (exact) mass is 327 g/mol. The number of benzene rings is 1. The zero-order valence-electron chi connectivity index (χ0n) is 13.3. The van der Waals surface area contributed by atoms with Gasteiger partial charge in [-0.3, -0.25) is 14.5 Å².